The number of hydrogen-bond acceptors (Lipinski definition) is 10. The van der Waals surface area contributed by atoms with Crippen molar-refractivity contribution >= 4 is 22.3 Å². The highest BCUT2D eigenvalue weighted by atomic mass is 31.2. The van der Waals surface area contributed by atoms with Gasteiger partial charge in [-0.2, -0.15) is 0 Å². The van der Waals surface area contributed by atoms with Crippen LogP contribution in [0.4, 0.5) is 13.2 Å². The second kappa shape index (κ2) is 21.1. The molecule has 2 unspecified atom stereocenters. The minimum absolute atomic E-state index is 0.0359. The van der Waals surface area contributed by atoms with E-state index in [2.05, 4.69) is 0 Å². The van der Waals surface area contributed by atoms with Gasteiger partial charge in [0.05, 0.1) is 38.1 Å². The highest BCUT2D eigenvalue weighted by molar-refractivity contribution is 7.61. The molecule has 0 aromatic heterocycles. The summed E-state index contributed by atoms with van der Waals surface area (Å²) in [7, 11) is -11.2. The maximum absolute atomic E-state index is 13.4. The number of aliphatic hydroxyl groups is 1. The smallest absolute Gasteiger partial charge is 0.348 e. The van der Waals surface area contributed by atoms with E-state index in [1.807, 2.05) is 13.8 Å². The molecule has 14 nitrogen and oxygen atoms in total. The standard InChI is InChI=1S/C10H18FO5P.C10H18FO4P.C9H16FO5P/c1-7(2)16-10-8(11)5-15-9(10)3-4-17(13,14)6-12;1-7(2)15-10-8(11)6-14-9(10)4-5-16(3,12)13;1-6(2)15-9-7(10)5-14-8(9)3-4-16(11,12)13/h3-4,7-10,12H,5-6H2,1-2H3,(H,13,14);4-5,7-10H,6H2,1-3H3,(H,12,13);3-4,6-9H,5H2,1-2H3,(H2,11,12,13)/b4-3+;5-4+;4-3+/t2*8-,9+,10-;7-,8+,9-/m000/s1. The van der Waals surface area contributed by atoms with E-state index in [0.717, 1.165) is 17.7 Å². The average Bonchev–Trinajstić information content (AvgIpc) is 3.61. The summed E-state index contributed by atoms with van der Waals surface area (Å²) in [6, 6.07) is 0. The molecular weight excluding hydrogens is 722 g/mol. The van der Waals surface area contributed by atoms with Gasteiger partial charge in [0.1, 0.15) is 43.0 Å². The molecule has 20 heteroatoms. The zero-order valence-corrected chi connectivity index (χ0v) is 31.3. The topological polar surface area (TPSA) is 208 Å². The van der Waals surface area contributed by atoms with Gasteiger partial charge in [0.25, 0.3) is 0 Å². The largest absolute Gasteiger partial charge is 0.386 e. The Morgan fingerprint density at radius 1 is 0.633 bits per heavy atom. The predicted molar refractivity (Wildman–Crippen MR) is 176 cm³/mol. The minimum atomic E-state index is -4.24. The summed E-state index contributed by atoms with van der Waals surface area (Å²) in [4.78, 5) is 35.5. The normalized spacial score (nSPS) is 33.3. The van der Waals surface area contributed by atoms with E-state index in [1.165, 1.54) is 18.8 Å². The van der Waals surface area contributed by atoms with Crippen LogP contribution in [0.25, 0.3) is 0 Å². The summed E-state index contributed by atoms with van der Waals surface area (Å²) in [6.45, 7) is 11.6. The lowest BCUT2D eigenvalue weighted by atomic mass is 10.1. The van der Waals surface area contributed by atoms with Gasteiger partial charge in [0.15, 0.2) is 18.5 Å². The maximum Gasteiger partial charge on any atom is 0.348 e. The molecular formula is C29H52F3O14P3. The first-order valence-electron chi connectivity index (χ1n) is 15.5. The quantitative estimate of drug-likeness (QED) is 0.165. The molecule has 288 valence electrons. The van der Waals surface area contributed by atoms with Crippen molar-refractivity contribution in [3.63, 3.8) is 0 Å². The van der Waals surface area contributed by atoms with Crippen molar-refractivity contribution in [3.8, 4) is 0 Å². The molecule has 3 aliphatic rings. The highest BCUT2D eigenvalue weighted by Gasteiger charge is 2.40. The van der Waals surface area contributed by atoms with Crippen LogP contribution in [0.5, 0.6) is 0 Å². The monoisotopic (exact) mass is 774 g/mol. The molecule has 0 aromatic carbocycles. The highest BCUT2D eigenvalue weighted by Crippen LogP contribution is 2.41. The Balaban J connectivity index is 0.000000368. The minimum Gasteiger partial charge on any atom is -0.386 e. The molecule has 0 radical (unpaired) electrons. The van der Waals surface area contributed by atoms with E-state index >= 15 is 0 Å². The Morgan fingerprint density at radius 2 is 0.939 bits per heavy atom. The third-order valence-corrected chi connectivity index (χ3v) is 8.74. The Bertz CT molecular complexity index is 1150. The van der Waals surface area contributed by atoms with Crippen molar-refractivity contribution in [3.05, 3.63) is 35.7 Å². The van der Waals surface area contributed by atoms with Crippen LogP contribution in [0.1, 0.15) is 41.5 Å². The fraction of sp³-hybridized carbons (Fsp3) is 0.793. The molecule has 0 amide bonds. The van der Waals surface area contributed by atoms with Crippen LogP contribution in [0.2, 0.25) is 0 Å². The molecule has 3 saturated heterocycles. The van der Waals surface area contributed by atoms with Gasteiger partial charge in [-0.25, -0.2) is 13.2 Å². The van der Waals surface area contributed by atoms with Crippen molar-refractivity contribution in [1.29, 1.82) is 0 Å². The van der Waals surface area contributed by atoms with E-state index in [-0.39, 0.29) is 38.1 Å². The lowest BCUT2D eigenvalue weighted by molar-refractivity contribution is -0.0385. The number of aliphatic hydroxyl groups excluding tert-OH is 1. The van der Waals surface area contributed by atoms with Gasteiger partial charge in [-0.05, 0) is 65.6 Å². The van der Waals surface area contributed by atoms with Crippen molar-refractivity contribution < 1.29 is 80.0 Å². The molecule has 0 spiro atoms. The van der Waals surface area contributed by atoms with E-state index in [0.29, 0.717) is 5.82 Å². The summed E-state index contributed by atoms with van der Waals surface area (Å²) in [5.41, 5.74) is 0. The molecule has 0 saturated carbocycles. The Kier molecular flexibility index (Phi) is 19.9. The van der Waals surface area contributed by atoms with Crippen LogP contribution in [0.3, 0.4) is 0 Å². The summed E-state index contributed by atoms with van der Waals surface area (Å²) in [5.74, 6) is 2.84. The van der Waals surface area contributed by atoms with Gasteiger partial charge in [-0.3, -0.25) is 13.7 Å². The zero-order valence-electron chi connectivity index (χ0n) is 28.6. The Labute approximate surface area is 285 Å². The number of rotatable bonds is 13. The first kappa shape index (κ1) is 46.3. The van der Waals surface area contributed by atoms with Crippen molar-refractivity contribution in [1.82, 2.24) is 0 Å². The van der Waals surface area contributed by atoms with Gasteiger partial charge < -0.3 is 53.1 Å². The zero-order chi connectivity index (χ0) is 37.7. The van der Waals surface area contributed by atoms with Gasteiger partial charge >= 0.3 is 7.60 Å². The van der Waals surface area contributed by atoms with Crippen LogP contribution in [-0.2, 0) is 42.1 Å². The third kappa shape index (κ3) is 19.1. The van der Waals surface area contributed by atoms with Gasteiger partial charge in [-0.1, -0.05) is 0 Å². The average molecular weight is 775 g/mol. The molecule has 3 aliphatic heterocycles. The summed E-state index contributed by atoms with van der Waals surface area (Å²) in [5, 5.41) is 8.62. The van der Waals surface area contributed by atoms with Crippen molar-refractivity contribution in [2.45, 2.75) is 115 Å². The predicted octanol–water partition coefficient (Wildman–Crippen LogP) is 4.39. The number of alkyl halides is 3. The summed E-state index contributed by atoms with van der Waals surface area (Å²) < 4.78 is 104. The second-order valence-corrected chi connectivity index (χ2v) is 18.1. The second-order valence-electron chi connectivity index (χ2n) is 12.3. The molecule has 3 rings (SSSR count). The summed E-state index contributed by atoms with van der Waals surface area (Å²) in [6.07, 6.45) is -5.43. The van der Waals surface area contributed by atoms with E-state index in [4.69, 9.17) is 53.1 Å². The van der Waals surface area contributed by atoms with Gasteiger partial charge in [0.2, 0.25) is 14.7 Å². The Morgan fingerprint density at radius 3 is 1.20 bits per heavy atom. The van der Waals surface area contributed by atoms with E-state index in [1.54, 1.807) is 27.7 Å². The number of halogens is 3. The van der Waals surface area contributed by atoms with E-state index in [9.17, 15) is 26.9 Å². The molecule has 5 N–H and O–H groups in total. The molecule has 49 heavy (non-hydrogen) atoms. The first-order valence-corrected chi connectivity index (χ1v) is 21.3. The van der Waals surface area contributed by atoms with Gasteiger partial charge in [-0.15, -0.1) is 0 Å². The lowest BCUT2D eigenvalue weighted by Crippen LogP contribution is -2.32. The molecule has 0 aliphatic carbocycles. The first-order chi connectivity index (χ1) is 22.4. The fourth-order valence-corrected chi connectivity index (χ4v) is 5.85. The summed E-state index contributed by atoms with van der Waals surface area (Å²) >= 11 is 0. The lowest BCUT2D eigenvalue weighted by Gasteiger charge is -2.20. The van der Waals surface area contributed by atoms with Crippen LogP contribution in [0.15, 0.2) is 35.7 Å². The van der Waals surface area contributed by atoms with Crippen LogP contribution in [-0.4, -0.2) is 131 Å². The third-order valence-electron chi connectivity index (χ3n) is 6.41. The van der Waals surface area contributed by atoms with Crippen LogP contribution >= 0.6 is 22.3 Å². The number of ether oxygens (including phenoxy) is 6. The van der Waals surface area contributed by atoms with Crippen molar-refractivity contribution in [2.75, 3.05) is 32.8 Å². The molecule has 0 bridgehead atoms. The molecule has 11 atom stereocenters. The SMILES string of the molecule is CC(C)O[C@H]1[C@@H](F)CO[C@@H]1/C=C/P(=O)(O)CO.CC(C)O[C@H]1[C@@H](F)CO[C@@H]1/C=C/P(=O)(O)O.CC(C)O[C@H]1[C@@H](F)CO[C@@H]1/C=C/P(C)(=O)O. The van der Waals surface area contributed by atoms with E-state index < -0.39 is 83.8 Å². The van der Waals surface area contributed by atoms with Crippen molar-refractivity contribution in [2.24, 2.45) is 0 Å². The molecule has 3 heterocycles. The maximum atomic E-state index is 13.4. The van der Waals surface area contributed by atoms with Crippen LogP contribution in [0, 0.1) is 0 Å². The molecule has 3 fully saturated rings. The molecule has 0 aromatic rings. The number of hydrogen-bond donors (Lipinski definition) is 5. The van der Waals surface area contributed by atoms with Gasteiger partial charge in [0, 0.05) is 18.3 Å². The van der Waals surface area contributed by atoms with Crippen LogP contribution < -0.4 is 0 Å². The fourth-order valence-electron chi connectivity index (χ4n) is 4.43. The Hall–Kier alpha value is -0.740.